The van der Waals surface area contributed by atoms with Crippen LogP contribution >= 0.6 is 0 Å². The quantitative estimate of drug-likeness (QED) is 0.563. The molecule has 0 spiro atoms. The van der Waals surface area contributed by atoms with Crippen LogP contribution in [0.1, 0.15) is 11.4 Å². The lowest BCUT2D eigenvalue weighted by Crippen LogP contribution is -1.86. The van der Waals surface area contributed by atoms with Crippen molar-refractivity contribution >= 4 is 12.3 Å². The molecule has 3 heteroatoms. The Morgan fingerprint density at radius 3 is 3.50 bits per heavy atom. The van der Waals surface area contributed by atoms with E-state index in [1.165, 1.54) is 0 Å². The van der Waals surface area contributed by atoms with E-state index in [4.69, 9.17) is 0 Å². The average Bonchev–Trinajstić information content (AvgIpc) is 2.28. The van der Waals surface area contributed by atoms with Crippen molar-refractivity contribution in [3.63, 3.8) is 0 Å². The molecular weight excluding hydrogens is 126 g/mol. The minimum Gasteiger partial charge on any atom is -0.348 e. The standard InChI is InChI=1S/C7H7N3/c1-3-8-4-2-7-6(1)9-5-10-7/h1,3-5H,2H2,(H,9,10). The molecule has 50 valence electrons. The minimum atomic E-state index is 0.850. The molecule has 10 heavy (non-hydrogen) atoms. The Bertz CT molecular complexity index is 283. The number of rotatable bonds is 0. The van der Waals surface area contributed by atoms with Crippen LogP contribution in [0.25, 0.3) is 6.08 Å². The molecule has 1 aliphatic rings. The number of nitrogens with zero attached hydrogens (tertiary/aromatic N) is 2. The molecule has 1 aromatic heterocycles. The van der Waals surface area contributed by atoms with Gasteiger partial charge in [-0.3, -0.25) is 4.99 Å². The van der Waals surface area contributed by atoms with Crippen molar-refractivity contribution in [2.75, 3.05) is 0 Å². The fourth-order valence-corrected chi connectivity index (χ4v) is 0.957. The van der Waals surface area contributed by atoms with E-state index in [-0.39, 0.29) is 0 Å². The predicted octanol–water partition coefficient (Wildman–Crippen LogP) is 1.01. The van der Waals surface area contributed by atoms with Crippen molar-refractivity contribution in [2.45, 2.75) is 6.42 Å². The van der Waals surface area contributed by atoms with Gasteiger partial charge in [-0.05, 0) is 6.08 Å². The zero-order valence-corrected chi connectivity index (χ0v) is 5.41. The number of nitrogens with one attached hydrogen (secondary N) is 1. The molecule has 1 aliphatic heterocycles. The summed E-state index contributed by atoms with van der Waals surface area (Å²) >= 11 is 0. The maximum Gasteiger partial charge on any atom is 0.0929 e. The third-order valence-electron chi connectivity index (χ3n) is 1.47. The Morgan fingerprint density at radius 1 is 1.50 bits per heavy atom. The SMILES string of the molecule is C1=Cc2nc[nH]c2CC=N1. The summed E-state index contributed by atoms with van der Waals surface area (Å²) < 4.78 is 0. The zero-order valence-electron chi connectivity index (χ0n) is 5.41. The minimum absolute atomic E-state index is 0.850. The lowest BCUT2D eigenvalue weighted by Gasteiger charge is -1.87. The maximum atomic E-state index is 4.09. The number of aliphatic imine (C=N–C) groups is 1. The fraction of sp³-hybridized carbons (Fsp3) is 0.143. The number of hydrogen-bond acceptors (Lipinski definition) is 2. The van der Waals surface area contributed by atoms with E-state index in [1.807, 2.05) is 12.3 Å². The highest BCUT2D eigenvalue weighted by Crippen LogP contribution is 2.07. The molecule has 2 heterocycles. The van der Waals surface area contributed by atoms with Gasteiger partial charge in [-0.25, -0.2) is 4.98 Å². The molecule has 0 saturated heterocycles. The van der Waals surface area contributed by atoms with Crippen LogP contribution in [0, 0.1) is 0 Å². The highest BCUT2D eigenvalue weighted by atomic mass is 14.9. The molecule has 1 N–H and O–H groups in total. The lowest BCUT2D eigenvalue weighted by atomic mass is 10.3. The first-order chi connectivity index (χ1) is 4.97. The van der Waals surface area contributed by atoms with E-state index in [0.29, 0.717) is 0 Å². The van der Waals surface area contributed by atoms with Crippen molar-refractivity contribution in [3.05, 3.63) is 23.9 Å². The molecule has 0 aromatic carbocycles. The molecule has 0 aliphatic carbocycles. The molecule has 0 saturated carbocycles. The molecule has 0 atom stereocenters. The summed E-state index contributed by atoms with van der Waals surface area (Å²) in [4.78, 5) is 11.1. The maximum absolute atomic E-state index is 4.09. The summed E-state index contributed by atoms with van der Waals surface area (Å²) in [5.74, 6) is 0. The van der Waals surface area contributed by atoms with Gasteiger partial charge in [0, 0.05) is 24.5 Å². The van der Waals surface area contributed by atoms with Crippen LogP contribution in [-0.4, -0.2) is 16.2 Å². The number of imidazole rings is 1. The number of H-pyrrole nitrogens is 1. The van der Waals surface area contributed by atoms with Gasteiger partial charge >= 0.3 is 0 Å². The second-order valence-electron chi connectivity index (χ2n) is 2.12. The van der Waals surface area contributed by atoms with Crippen molar-refractivity contribution < 1.29 is 0 Å². The first-order valence-corrected chi connectivity index (χ1v) is 3.17. The Kier molecular flexibility index (Phi) is 1.13. The van der Waals surface area contributed by atoms with E-state index in [0.717, 1.165) is 17.8 Å². The van der Waals surface area contributed by atoms with E-state index >= 15 is 0 Å². The molecule has 3 nitrogen and oxygen atoms in total. The van der Waals surface area contributed by atoms with Crippen molar-refractivity contribution in [3.8, 4) is 0 Å². The summed E-state index contributed by atoms with van der Waals surface area (Å²) in [6.07, 6.45) is 8.07. The highest BCUT2D eigenvalue weighted by molar-refractivity contribution is 5.67. The summed E-state index contributed by atoms with van der Waals surface area (Å²) in [6, 6.07) is 0. The number of hydrogen-bond donors (Lipinski definition) is 1. The van der Waals surface area contributed by atoms with Gasteiger partial charge in [-0.2, -0.15) is 0 Å². The van der Waals surface area contributed by atoms with Crippen LogP contribution in [0.3, 0.4) is 0 Å². The normalized spacial score (nSPS) is 14.8. The zero-order chi connectivity index (χ0) is 6.81. The third-order valence-corrected chi connectivity index (χ3v) is 1.47. The van der Waals surface area contributed by atoms with Gasteiger partial charge < -0.3 is 4.98 Å². The molecule has 0 amide bonds. The largest absolute Gasteiger partial charge is 0.348 e. The van der Waals surface area contributed by atoms with Crippen LogP contribution in [0.15, 0.2) is 17.5 Å². The average molecular weight is 133 g/mol. The molecule has 0 radical (unpaired) electrons. The molecule has 1 aromatic rings. The number of aromatic amines is 1. The van der Waals surface area contributed by atoms with Crippen LogP contribution in [-0.2, 0) is 6.42 Å². The van der Waals surface area contributed by atoms with Crippen LogP contribution in [0.5, 0.6) is 0 Å². The van der Waals surface area contributed by atoms with E-state index < -0.39 is 0 Å². The second-order valence-corrected chi connectivity index (χ2v) is 2.12. The number of fused-ring (bicyclic) bond motifs is 1. The van der Waals surface area contributed by atoms with Gasteiger partial charge in [-0.1, -0.05) is 0 Å². The van der Waals surface area contributed by atoms with Gasteiger partial charge in [0.2, 0.25) is 0 Å². The Labute approximate surface area is 58.5 Å². The van der Waals surface area contributed by atoms with Crippen molar-refractivity contribution in [1.29, 1.82) is 0 Å². The van der Waals surface area contributed by atoms with Gasteiger partial charge in [-0.15, -0.1) is 0 Å². The Morgan fingerprint density at radius 2 is 2.50 bits per heavy atom. The fourth-order valence-electron chi connectivity index (χ4n) is 0.957. The molecule has 0 bridgehead atoms. The van der Waals surface area contributed by atoms with Gasteiger partial charge in [0.15, 0.2) is 0 Å². The van der Waals surface area contributed by atoms with Gasteiger partial charge in [0.25, 0.3) is 0 Å². The Hall–Kier alpha value is -1.38. The van der Waals surface area contributed by atoms with Crippen LogP contribution in [0.4, 0.5) is 0 Å². The smallest absolute Gasteiger partial charge is 0.0929 e. The van der Waals surface area contributed by atoms with Gasteiger partial charge in [0.1, 0.15) is 0 Å². The van der Waals surface area contributed by atoms with E-state index in [1.54, 1.807) is 12.5 Å². The molecular formula is C7H7N3. The van der Waals surface area contributed by atoms with E-state index in [2.05, 4.69) is 15.0 Å². The summed E-state index contributed by atoms with van der Waals surface area (Å²) in [6.45, 7) is 0. The van der Waals surface area contributed by atoms with Crippen LogP contribution in [0.2, 0.25) is 0 Å². The van der Waals surface area contributed by atoms with Crippen molar-refractivity contribution in [1.82, 2.24) is 9.97 Å². The Balaban J connectivity index is 2.50. The van der Waals surface area contributed by atoms with Crippen molar-refractivity contribution in [2.24, 2.45) is 4.99 Å². The first-order valence-electron chi connectivity index (χ1n) is 3.17. The topological polar surface area (TPSA) is 41.0 Å². The predicted molar refractivity (Wildman–Crippen MR) is 39.8 cm³/mol. The third kappa shape index (κ3) is 0.757. The summed E-state index contributed by atoms with van der Waals surface area (Å²) in [7, 11) is 0. The lowest BCUT2D eigenvalue weighted by molar-refractivity contribution is 1.20. The number of aromatic nitrogens is 2. The molecule has 0 unspecified atom stereocenters. The summed E-state index contributed by atoms with van der Waals surface area (Å²) in [5, 5.41) is 0. The van der Waals surface area contributed by atoms with E-state index in [9.17, 15) is 0 Å². The van der Waals surface area contributed by atoms with Crippen LogP contribution < -0.4 is 0 Å². The molecule has 0 fully saturated rings. The summed E-state index contributed by atoms with van der Waals surface area (Å²) in [5.41, 5.74) is 2.13. The monoisotopic (exact) mass is 133 g/mol. The highest BCUT2D eigenvalue weighted by Gasteiger charge is 2.01. The molecule has 2 rings (SSSR count). The first kappa shape index (κ1) is 5.41. The second kappa shape index (κ2) is 2.10. The van der Waals surface area contributed by atoms with Gasteiger partial charge in [0.05, 0.1) is 12.0 Å².